The van der Waals surface area contributed by atoms with Crippen molar-refractivity contribution in [2.45, 2.75) is 16.8 Å². The number of cyclic esters (lactones) is 1. The molecule has 0 aromatic heterocycles. The second-order valence-electron chi connectivity index (χ2n) is 5.84. The van der Waals surface area contributed by atoms with Crippen molar-refractivity contribution in [1.82, 2.24) is 0 Å². The fourth-order valence-corrected chi connectivity index (χ4v) is 4.30. The van der Waals surface area contributed by atoms with Crippen LogP contribution in [0.4, 0.5) is 0 Å². The number of thioether (sulfide) groups is 1. The summed E-state index contributed by atoms with van der Waals surface area (Å²) in [6.07, 6.45) is 0. The number of carbonyl (C=O) groups is 1. The molecule has 1 aliphatic rings. The van der Waals surface area contributed by atoms with Crippen LogP contribution in [0.3, 0.4) is 0 Å². The van der Waals surface area contributed by atoms with Crippen molar-refractivity contribution in [3.8, 4) is 0 Å². The molecule has 3 aromatic rings. The molecule has 1 heterocycles. The predicted octanol–water partition coefficient (Wildman–Crippen LogP) is 5.16. The van der Waals surface area contributed by atoms with Crippen molar-refractivity contribution >= 4 is 17.7 Å². The number of hydrogen-bond acceptors (Lipinski definition) is 3. The Morgan fingerprint density at radius 2 is 1.54 bits per heavy atom. The summed E-state index contributed by atoms with van der Waals surface area (Å²) in [6, 6.07) is 25.9. The molecule has 0 unspecified atom stereocenters. The van der Waals surface area contributed by atoms with E-state index in [1.165, 1.54) is 0 Å². The third kappa shape index (κ3) is 2.42. The number of rotatable bonds is 3. The minimum Gasteiger partial charge on any atom is -0.435 e. The zero-order chi connectivity index (χ0) is 16.6. The number of benzene rings is 3. The van der Waals surface area contributed by atoms with Crippen LogP contribution in [0.15, 0.2) is 83.8 Å². The Kier molecular flexibility index (Phi) is 3.66. The van der Waals surface area contributed by atoms with Gasteiger partial charge in [-0.25, -0.2) is 4.79 Å². The van der Waals surface area contributed by atoms with Crippen LogP contribution in [0.1, 0.15) is 27.0 Å². The van der Waals surface area contributed by atoms with E-state index in [-0.39, 0.29) is 5.97 Å². The average Bonchev–Trinajstić information content (AvgIpc) is 2.89. The van der Waals surface area contributed by atoms with Gasteiger partial charge in [0.2, 0.25) is 4.93 Å². The standard InChI is InChI=1S/C21H16O2S/c1-15-12-13-19-18(14-15)20(22)23-21(19,16-8-4-2-5-9-16)24-17-10-6-3-7-11-17/h2-14H,1H3/t21-/m0/s1. The van der Waals surface area contributed by atoms with Crippen molar-refractivity contribution in [3.05, 3.63) is 101 Å². The third-order valence-electron chi connectivity index (χ3n) is 4.14. The highest BCUT2D eigenvalue weighted by atomic mass is 32.2. The van der Waals surface area contributed by atoms with Crippen LogP contribution < -0.4 is 0 Å². The first kappa shape index (κ1) is 15.0. The zero-order valence-electron chi connectivity index (χ0n) is 13.2. The summed E-state index contributed by atoms with van der Waals surface area (Å²) in [5.41, 5.74) is 3.59. The van der Waals surface area contributed by atoms with Crippen LogP contribution in [0.2, 0.25) is 0 Å². The first-order valence-electron chi connectivity index (χ1n) is 7.83. The van der Waals surface area contributed by atoms with Gasteiger partial charge in [0.05, 0.1) is 5.56 Å². The quantitative estimate of drug-likeness (QED) is 0.620. The van der Waals surface area contributed by atoms with E-state index in [0.29, 0.717) is 5.56 Å². The molecule has 24 heavy (non-hydrogen) atoms. The van der Waals surface area contributed by atoms with Crippen LogP contribution in [-0.4, -0.2) is 5.97 Å². The number of hydrogen-bond donors (Lipinski definition) is 0. The molecule has 118 valence electrons. The van der Waals surface area contributed by atoms with Gasteiger partial charge >= 0.3 is 5.97 Å². The van der Waals surface area contributed by atoms with Gasteiger partial charge in [-0.2, -0.15) is 0 Å². The van der Waals surface area contributed by atoms with E-state index in [2.05, 4.69) is 0 Å². The summed E-state index contributed by atoms with van der Waals surface area (Å²) in [7, 11) is 0. The third-order valence-corrected chi connectivity index (χ3v) is 5.48. The molecule has 0 saturated heterocycles. The lowest BCUT2D eigenvalue weighted by atomic mass is 9.97. The molecule has 0 N–H and O–H groups in total. The molecule has 0 bridgehead atoms. The molecule has 0 amide bonds. The van der Waals surface area contributed by atoms with Gasteiger partial charge in [-0.05, 0) is 25.1 Å². The number of ether oxygens (including phenoxy) is 1. The zero-order valence-corrected chi connectivity index (χ0v) is 14.0. The van der Waals surface area contributed by atoms with Crippen LogP contribution in [0.25, 0.3) is 0 Å². The Bertz CT molecular complexity index is 890. The molecule has 0 aliphatic carbocycles. The van der Waals surface area contributed by atoms with Crippen molar-refractivity contribution in [2.24, 2.45) is 0 Å². The largest absolute Gasteiger partial charge is 0.435 e. The molecule has 0 fully saturated rings. The van der Waals surface area contributed by atoms with Crippen molar-refractivity contribution < 1.29 is 9.53 Å². The fourth-order valence-electron chi connectivity index (χ4n) is 3.02. The van der Waals surface area contributed by atoms with Crippen molar-refractivity contribution in [1.29, 1.82) is 0 Å². The lowest BCUT2D eigenvalue weighted by Crippen LogP contribution is -2.23. The van der Waals surface area contributed by atoms with Gasteiger partial charge in [0.25, 0.3) is 0 Å². The summed E-state index contributed by atoms with van der Waals surface area (Å²) in [6.45, 7) is 1.99. The number of esters is 1. The molecular formula is C21H16O2S. The maximum Gasteiger partial charge on any atom is 0.340 e. The van der Waals surface area contributed by atoms with E-state index >= 15 is 0 Å². The monoisotopic (exact) mass is 332 g/mol. The van der Waals surface area contributed by atoms with Crippen molar-refractivity contribution in [2.75, 3.05) is 0 Å². The van der Waals surface area contributed by atoms with E-state index in [0.717, 1.165) is 21.6 Å². The van der Waals surface area contributed by atoms with E-state index in [1.807, 2.05) is 85.8 Å². The molecule has 0 saturated carbocycles. The molecule has 0 spiro atoms. The van der Waals surface area contributed by atoms with Gasteiger partial charge in [0, 0.05) is 16.0 Å². The topological polar surface area (TPSA) is 26.3 Å². The molecule has 3 aromatic carbocycles. The number of fused-ring (bicyclic) bond motifs is 1. The summed E-state index contributed by atoms with van der Waals surface area (Å²) >= 11 is 1.56. The SMILES string of the molecule is Cc1ccc2c(c1)C(=O)O[C@]2(Sc1ccccc1)c1ccccc1. The summed E-state index contributed by atoms with van der Waals surface area (Å²) in [5, 5.41) is 0. The minimum absolute atomic E-state index is 0.263. The van der Waals surface area contributed by atoms with Gasteiger partial charge in [-0.15, -0.1) is 0 Å². The average molecular weight is 332 g/mol. The van der Waals surface area contributed by atoms with Crippen LogP contribution in [0.5, 0.6) is 0 Å². The highest BCUT2D eigenvalue weighted by Crippen LogP contribution is 2.52. The summed E-state index contributed by atoms with van der Waals surface area (Å²) < 4.78 is 5.99. The first-order valence-corrected chi connectivity index (χ1v) is 8.65. The van der Waals surface area contributed by atoms with E-state index in [4.69, 9.17) is 4.74 Å². The molecule has 2 nitrogen and oxygen atoms in total. The molecule has 0 radical (unpaired) electrons. The Morgan fingerprint density at radius 3 is 2.25 bits per heavy atom. The maximum atomic E-state index is 12.6. The predicted molar refractivity (Wildman–Crippen MR) is 96.1 cm³/mol. The second-order valence-corrected chi connectivity index (χ2v) is 7.09. The maximum absolute atomic E-state index is 12.6. The number of aryl methyl sites for hydroxylation is 1. The van der Waals surface area contributed by atoms with Gasteiger partial charge in [0.1, 0.15) is 0 Å². The van der Waals surface area contributed by atoms with Gasteiger partial charge in [-0.1, -0.05) is 78.0 Å². The summed E-state index contributed by atoms with van der Waals surface area (Å²) in [4.78, 5) is 12.8. The van der Waals surface area contributed by atoms with Crippen LogP contribution >= 0.6 is 11.8 Å². The molecular weight excluding hydrogens is 316 g/mol. The minimum atomic E-state index is -0.845. The highest BCUT2D eigenvalue weighted by molar-refractivity contribution is 8.00. The van der Waals surface area contributed by atoms with Crippen LogP contribution in [0, 0.1) is 6.92 Å². The van der Waals surface area contributed by atoms with Gasteiger partial charge in [0.15, 0.2) is 0 Å². The van der Waals surface area contributed by atoms with E-state index in [1.54, 1.807) is 11.8 Å². The number of carbonyl (C=O) groups excluding carboxylic acids is 1. The second kappa shape index (κ2) is 5.84. The Morgan fingerprint density at radius 1 is 0.875 bits per heavy atom. The van der Waals surface area contributed by atoms with E-state index in [9.17, 15) is 4.79 Å². The molecule has 1 atom stereocenters. The van der Waals surface area contributed by atoms with Crippen LogP contribution in [-0.2, 0) is 9.67 Å². The Balaban J connectivity index is 1.92. The highest BCUT2D eigenvalue weighted by Gasteiger charge is 2.48. The summed E-state index contributed by atoms with van der Waals surface area (Å²) in [5.74, 6) is -0.263. The van der Waals surface area contributed by atoms with Crippen molar-refractivity contribution in [3.63, 3.8) is 0 Å². The molecule has 1 aliphatic heterocycles. The van der Waals surface area contributed by atoms with Gasteiger partial charge in [-0.3, -0.25) is 0 Å². The lowest BCUT2D eigenvalue weighted by molar-refractivity contribution is 0.0384. The molecule has 4 rings (SSSR count). The first-order chi connectivity index (χ1) is 11.7. The van der Waals surface area contributed by atoms with Gasteiger partial charge < -0.3 is 4.74 Å². The fraction of sp³-hybridized carbons (Fsp3) is 0.0952. The smallest absolute Gasteiger partial charge is 0.340 e. The molecule has 3 heteroatoms. The normalized spacial score (nSPS) is 19.0. The Hall–Kier alpha value is -2.52. The Labute approximate surface area is 145 Å². The lowest BCUT2D eigenvalue weighted by Gasteiger charge is -2.28. The van der Waals surface area contributed by atoms with E-state index < -0.39 is 4.93 Å².